The van der Waals surface area contributed by atoms with Crippen LogP contribution in [0.5, 0.6) is 0 Å². The molecule has 1 atom stereocenters. The molecule has 0 radical (unpaired) electrons. The molecule has 0 fully saturated rings. The zero-order valence-electron chi connectivity index (χ0n) is 5.39. The van der Waals surface area contributed by atoms with Crippen molar-refractivity contribution in [2.75, 3.05) is 11.5 Å². The van der Waals surface area contributed by atoms with Crippen LogP contribution in [0.25, 0.3) is 0 Å². The van der Waals surface area contributed by atoms with Crippen molar-refractivity contribution in [3.63, 3.8) is 0 Å². The Morgan fingerprint density at radius 3 is 2.75 bits per heavy atom. The van der Waals surface area contributed by atoms with Crippen molar-refractivity contribution in [1.29, 1.82) is 0 Å². The van der Waals surface area contributed by atoms with Gasteiger partial charge in [0, 0.05) is 5.75 Å². The van der Waals surface area contributed by atoms with E-state index in [9.17, 15) is 0 Å². The van der Waals surface area contributed by atoms with Gasteiger partial charge in [-0.1, -0.05) is 6.92 Å². The molecule has 0 saturated heterocycles. The molecule has 0 aliphatic rings. The van der Waals surface area contributed by atoms with Gasteiger partial charge in [0.15, 0.2) is 0 Å². The standard InChI is InChI=1S/C5H13NOS/c1-3-8-4-5(2)7-6/h5H,3-4,6H2,1-2H3. The fourth-order valence-corrected chi connectivity index (χ4v) is 0.969. The highest BCUT2D eigenvalue weighted by Gasteiger charge is 1.96. The Balaban J connectivity index is 2.86. The summed E-state index contributed by atoms with van der Waals surface area (Å²) in [6, 6.07) is 0. The molecule has 0 aliphatic carbocycles. The van der Waals surface area contributed by atoms with Gasteiger partial charge in [0.25, 0.3) is 0 Å². The van der Waals surface area contributed by atoms with Crippen molar-refractivity contribution in [2.24, 2.45) is 5.90 Å². The van der Waals surface area contributed by atoms with Crippen LogP contribution in [-0.2, 0) is 4.84 Å². The predicted molar refractivity (Wildman–Crippen MR) is 37.7 cm³/mol. The first-order chi connectivity index (χ1) is 3.81. The molecule has 0 spiro atoms. The minimum absolute atomic E-state index is 0.194. The van der Waals surface area contributed by atoms with E-state index in [2.05, 4.69) is 11.8 Å². The summed E-state index contributed by atoms with van der Waals surface area (Å²) in [7, 11) is 0. The summed E-state index contributed by atoms with van der Waals surface area (Å²) in [6.07, 6.45) is 0.194. The minimum Gasteiger partial charge on any atom is -0.301 e. The quantitative estimate of drug-likeness (QED) is 0.584. The first kappa shape index (κ1) is 8.27. The second-order valence-corrected chi connectivity index (χ2v) is 2.93. The first-order valence-corrected chi connectivity index (χ1v) is 3.90. The fraction of sp³-hybridized carbons (Fsp3) is 1.00. The van der Waals surface area contributed by atoms with Crippen molar-refractivity contribution in [2.45, 2.75) is 20.0 Å². The third kappa shape index (κ3) is 4.43. The summed E-state index contributed by atoms with van der Waals surface area (Å²) in [5.74, 6) is 7.03. The van der Waals surface area contributed by atoms with Gasteiger partial charge in [0.1, 0.15) is 0 Å². The summed E-state index contributed by atoms with van der Waals surface area (Å²) in [4.78, 5) is 4.53. The second-order valence-electron chi connectivity index (χ2n) is 1.61. The highest BCUT2D eigenvalue weighted by atomic mass is 32.2. The molecular formula is C5H13NOS. The maximum atomic E-state index is 4.90. The molecule has 0 aromatic carbocycles. The van der Waals surface area contributed by atoms with Crippen molar-refractivity contribution in [3.8, 4) is 0 Å². The molecule has 0 aliphatic heterocycles. The van der Waals surface area contributed by atoms with Gasteiger partial charge in [-0.25, -0.2) is 5.90 Å². The number of hydrogen-bond acceptors (Lipinski definition) is 3. The summed E-state index contributed by atoms with van der Waals surface area (Å²) < 4.78 is 0. The number of hydrogen-bond donors (Lipinski definition) is 1. The van der Waals surface area contributed by atoms with Crippen LogP contribution in [0.3, 0.4) is 0 Å². The third-order valence-electron chi connectivity index (χ3n) is 0.789. The van der Waals surface area contributed by atoms with Gasteiger partial charge < -0.3 is 4.84 Å². The number of thioether (sulfide) groups is 1. The van der Waals surface area contributed by atoms with Crippen LogP contribution in [0.15, 0.2) is 0 Å². The van der Waals surface area contributed by atoms with Crippen LogP contribution < -0.4 is 5.90 Å². The molecule has 8 heavy (non-hydrogen) atoms. The van der Waals surface area contributed by atoms with Crippen molar-refractivity contribution >= 4 is 11.8 Å². The number of nitrogens with two attached hydrogens (primary N) is 1. The molecular weight excluding hydrogens is 122 g/mol. The highest BCUT2D eigenvalue weighted by Crippen LogP contribution is 2.01. The molecule has 0 amide bonds. The van der Waals surface area contributed by atoms with Crippen LogP contribution in [0.4, 0.5) is 0 Å². The Hall–Kier alpha value is 0.270. The average Bonchev–Trinajstić information content (AvgIpc) is 1.83. The molecule has 0 bridgehead atoms. The Morgan fingerprint density at radius 1 is 1.75 bits per heavy atom. The van der Waals surface area contributed by atoms with Crippen LogP contribution >= 0.6 is 11.8 Å². The zero-order valence-corrected chi connectivity index (χ0v) is 6.20. The van der Waals surface area contributed by atoms with Crippen molar-refractivity contribution in [1.82, 2.24) is 0 Å². The topological polar surface area (TPSA) is 35.2 Å². The SMILES string of the molecule is CCSCC(C)ON. The van der Waals surface area contributed by atoms with E-state index in [-0.39, 0.29) is 6.10 Å². The van der Waals surface area contributed by atoms with Gasteiger partial charge in [-0.15, -0.1) is 0 Å². The molecule has 1 unspecified atom stereocenters. The summed E-state index contributed by atoms with van der Waals surface area (Å²) in [6.45, 7) is 4.08. The maximum Gasteiger partial charge on any atom is 0.0849 e. The van der Waals surface area contributed by atoms with E-state index in [1.165, 1.54) is 0 Å². The Labute approximate surface area is 54.7 Å². The molecule has 0 heterocycles. The van der Waals surface area contributed by atoms with Gasteiger partial charge in [-0.05, 0) is 12.7 Å². The zero-order chi connectivity index (χ0) is 6.41. The van der Waals surface area contributed by atoms with Crippen LogP contribution in [-0.4, -0.2) is 17.6 Å². The molecule has 50 valence electrons. The number of rotatable bonds is 4. The molecule has 3 heteroatoms. The summed E-state index contributed by atoms with van der Waals surface area (Å²) >= 11 is 1.84. The third-order valence-corrected chi connectivity index (χ3v) is 1.90. The van der Waals surface area contributed by atoms with E-state index in [1.807, 2.05) is 18.7 Å². The Morgan fingerprint density at radius 2 is 2.38 bits per heavy atom. The van der Waals surface area contributed by atoms with Gasteiger partial charge in [0.2, 0.25) is 0 Å². The van der Waals surface area contributed by atoms with Crippen LogP contribution in [0, 0.1) is 0 Å². The van der Waals surface area contributed by atoms with Crippen molar-refractivity contribution < 1.29 is 4.84 Å². The normalized spacial score (nSPS) is 13.9. The molecule has 0 aromatic heterocycles. The van der Waals surface area contributed by atoms with Gasteiger partial charge in [-0.3, -0.25) is 0 Å². The van der Waals surface area contributed by atoms with E-state index in [0.717, 1.165) is 11.5 Å². The fourth-order valence-electron chi connectivity index (χ4n) is 0.323. The molecule has 0 rings (SSSR count). The summed E-state index contributed by atoms with van der Waals surface area (Å²) in [5, 5.41) is 0. The minimum atomic E-state index is 0.194. The van der Waals surface area contributed by atoms with E-state index < -0.39 is 0 Å². The van der Waals surface area contributed by atoms with E-state index >= 15 is 0 Å². The molecule has 0 aromatic rings. The lowest BCUT2D eigenvalue weighted by atomic mass is 10.5. The largest absolute Gasteiger partial charge is 0.301 e. The first-order valence-electron chi connectivity index (χ1n) is 2.74. The van der Waals surface area contributed by atoms with Gasteiger partial charge >= 0.3 is 0 Å². The summed E-state index contributed by atoms with van der Waals surface area (Å²) in [5.41, 5.74) is 0. The van der Waals surface area contributed by atoms with Crippen molar-refractivity contribution in [3.05, 3.63) is 0 Å². The van der Waals surface area contributed by atoms with Crippen LogP contribution in [0.2, 0.25) is 0 Å². The lowest BCUT2D eigenvalue weighted by Gasteiger charge is -2.04. The average molecular weight is 135 g/mol. The van der Waals surface area contributed by atoms with E-state index in [0.29, 0.717) is 0 Å². The predicted octanol–water partition coefficient (Wildman–Crippen LogP) is 1.02. The Bertz CT molecular complexity index is 51.7. The highest BCUT2D eigenvalue weighted by molar-refractivity contribution is 7.99. The van der Waals surface area contributed by atoms with E-state index in [4.69, 9.17) is 5.90 Å². The lowest BCUT2D eigenvalue weighted by Crippen LogP contribution is -2.15. The molecule has 0 saturated carbocycles. The van der Waals surface area contributed by atoms with Gasteiger partial charge in [0.05, 0.1) is 6.10 Å². The monoisotopic (exact) mass is 135 g/mol. The van der Waals surface area contributed by atoms with Crippen LogP contribution in [0.1, 0.15) is 13.8 Å². The molecule has 2 nitrogen and oxygen atoms in total. The second kappa shape index (κ2) is 5.41. The molecule has 2 N–H and O–H groups in total. The maximum absolute atomic E-state index is 4.90. The van der Waals surface area contributed by atoms with E-state index in [1.54, 1.807) is 0 Å². The van der Waals surface area contributed by atoms with Gasteiger partial charge in [-0.2, -0.15) is 11.8 Å². The lowest BCUT2D eigenvalue weighted by molar-refractivity contribution is 0.0833. The smallest absolute Gasteiger partial charge is 0.0849 e. The Kier molecular flexibility index (Phi) is 5.59.